The van der Waals surface area contributed by atoms with Crippen molar-refractivity contribution >= 4 is 33.4 Å². The van der Waals surface area contributed by atoms with Gasteiger partial charge in [0.05, 0.1) is 11.1 Å². The van der Waals surface area contributed by atoms with Crippen LogP contribution >= 0.6 is 27.5 Å². The largest absolute Gasteiger partial charge is 0.346 e. The van der Waals surface area contributed by atoms with Gasteiger partial charge in [0.1, 0.15) is 5.82 Å². The second-order valence-corrected chi connectivity index (χ2v) is 5.34. The maximum Gasteiger partial charge on any atom is 0.254 e. The van der Waals surface area contributed by atoms with Gasteiger partial charge in [-0.05, 0) is 37.5 Å². The molecule has 0 unspecified atom stereocenters. The molecule has 0 spiro atoms. The van der Waals surface area contributed by atoms with Crippen LogP contribution in [0.5, 0.6) is 0 Å². The number of amides is 1. The van der Waals surface area contributed by atoms with E-state index in [1.54, 1.807) is 0 Å². The highest BCUT2D eigenvalue weighted by Crippen LogP contribution is 2.33. The third-order valence-corrected chi connectivity index (χ3v) is 4.43. The molecule has 1 aromatic rings. The summed E-state index contributed by atoms with van der Waals surface area (Å²) in [7, 11) is 0. The molecule has 0 bridgehead atoms. The van der Waals surface area contributed by atoms with E-state index in [0.29, 0.717) is 10.4 Å². The molecule has 5 heteroatoms. The summed E-state index contributed by atoms with van der Waals surface area (Å²) in [6, 6.07) is 3.99. The monoisotopic (exact) mass is 319 g/mol. The van der Waals surface area contributed by atoms with Crippen LogP contribution in [0.4, 0.5) is 4.39 Å². The first-order valence-electron chi connectivity index (χ1n) is 5.40. The van der Waals surface area contributed by atoms with E-state index in [2.05, 4.69) is 21.2 Å². The lowest BCUT2D eigenvalue weighted by Crippen LogP contribution is -2.55. The third kappa shape index (κ3) is 2.63. The van der Waals surface area contributed by atoms with Gasteiger partial charge in [0, 0.05) is 10.4 Å². The van der Waals surface area contributed by atoms with Gasteiger partial charge in [-0.2, -0.15) is 0 Å². The summed E-state index contributed by atoms with van der Waals surface area (Å²) in [5.74, 6) is -0.944. The highest BCUT2D eigenvalue weighted by Gasteiger charge is 2.37. The highest BCUT2D eigenvalue weighted by molar-refractivity contribution is 9.09. The van der Waals surface area contributed by atoms with Crippen molar-refractivity contribution in [1.82, 2.24) is 5.32 Å². The average Bonchev–Trinajstić information content (AvgIpc) is 2.26. The summed E-state index contributed by atoms with van der Waals surface area (Å²) in [5.41, 5.74) is -0.212. The predicted octanol–water partition coefficient (Wildman–Crippen LogP) is 3.53. The van der Waals surface area contributed by atoms with Crippen LogP contribution in [-0.4, -0.2) is 16.8 Å². The minimum Gasteiger partial charge on any atom is -0.346 e. The molecular weight excluding hydrogens is 308 g/mol. The van der Waals surface area contributed by atoms with Gasteiger partial charge in [-0.3, -0.25) is 4.79 Å². The summed E-state index contributed by atoms with van der Waals surface area (Å²) in [6.45, 7) is 0. The Morgan fingerprint density at radius 3 is 2.76 bits per heavy atom. The Hall–Kier alpha value is -0.610. The van der Waals surface area contributed by atoms with E-state index in [-0.39, 0.29) is 11.1 Å². The van der Waals surface area contributed by atoms with Crippen LogP contribution in [-0.2, 0) is 0 Å². The molecule has 0 atom stereocenters. The number of carbonyl (C=O) groups is 1. The van der Waals surface area contributed by atoms with Gasteiger partial charge >= 0.3 is 0 Å². The van der Waals surface area contributed by atoms with Gasteiger partial charge in [-0.25, -0.2) is 4.39 Å². The molecule has 1 aromatic carbocycles. The number of benzene rings is 1. The predicted molar refractivity (Wildman–Crippen MR) is 69.3 cm³/mol. The number of carbonyl (C=O) groups excluding carboxylic acids is 1. The van der Waals surface area contributed by atoms with Crippen molar-refractivity contribution in [3.8, 4) is 0 Å². The first-order chi connectivity index (χ1) is 8.06. The molecule has 1 fully saturated rings. The van der Waals surface area contributed by atoms with Gasteiger partial charge in [-0.15, -0.1) is 0 Å². The maximum atomic E-state index is 13.5. The lowest BCUT2D eigenvalue weighted by atomic mass is 9.78. The molecule has 0 heterocycles. The Morgan fingerprint density at radius 1 is 1.53 bits per heavy atom. The van der Waals surface area contributed by atoms with Crippen LogP contribution in [0.25, 0.3) is 0 Å². The number of hydrogen-bond acceptors (Lipinski definition) is 1. The van der Waals surface area contributed by atoms with Crippen molar-refractivity contribution in [2.45, 2.75) is 24.8 Å². The van der Waals surface area contributed by atoms with E-state index in [9.17, 15) is 9.18 Å². The van der Waals surface area contributed by atoms with Crippen molar-refractivity contribution in [3.05, 3.63) is 34.6 Å². The minimum atomic E-state index is -0.545. The molecular formula is C12H12BrClFNO. The Bertz CT molecular complexity index is 443. The van der Waals surface area contributed by atoms with Gasteiger partial charge in [0.25, 0.3) is 5.91 Å². The summed E-state index contributed by atoms with van der Waals surface area (Å²) >= 11 is 9.14. The highest BCUT2D eigenvalue weighted by atomic mass is 79.9. The van der Waals surface area contributed by atoms with Gasteiger partial charge in [0.2, 0.25) is 0 Å². The lowest BCUT2D eigenvalue weighted by Gasteiger charge is -2.41. The van der Waals surface area contributed by atoms with Crippen LogP contribution in [0.15, 0.2) is 18.2 Å². The van der Waals surface area contributed by atoms with Crippen molar-refractivity contribution in [3.63, 3.8) is 0 Å². The quantitative estimate of drug-likeness (QED) is 0.848. The minimum absolute atomic E-state index is 0.00438. The van der Waals surface area contributed by atoms with Crippen LogP contribution in [0.3, 0.4) is 0 Å². The van der Waals surface area contributed by atoms with E-state index in [4.69, 9.17) is 11.6 Å². The van der Waals surface area contributed by atoms with Crippen LogP contribution in [0.2, 0.25) is 5.02 Å². The van der Waals surface area contributed by atoms with Crippen molar-refractivity contribution in [2.75, 3.05) is 5.33 Å². The SMILES string of the molecule is O=C(NC1(CBr)CCC1)c1cc(Cl)ccc1F. The first-order valence-corrected chi connectivity index (χ1v) is 6.90. The van der Waals surface area contributed by atoms with Crippen LogP contribution in [0, 0.1) is 5.82 Å². The topological polar surface area (TPSA) is 29.1 Å². The maximum absolute atomic E-state index is 13.5. The lowest BCUT2D eigenvalue weighted by molar-refractivity contribution is 0.0852. The molecule has 2 rings (SSSR count). The number of rotatable bonds is 3. The molecule has 92 valence electrons. The van der Waals surface area contributed by atoms with E-state index in [1.165, 1.54) is 18.2 Å². The van der Waals surface area contributed by atoms with Crippen molar-refractivity contribution in [2.24, 2.45) is 0 Å². The molecule has 1 saturated carbocycles. The van der Waals surface area contributed by atoms with Crippen LogP contribution in [0.1, 0.15) is 29.6 Å². The smallest absolute Gasteiger partial charge is 0.254 e. The van der Waals surface area contributed by atoms with E-state index < -0.39 is 11.7 Å². The fraction of sp³-hybridized carbons (Fsp3) is 0.417. The standard InChI is InChI=1S/C12H12BrClFNO/c13-7-12(4-1-5-12)16-11(17)9-6-8(14)2-3-10(9)15/h2-3,6H,1,4-5,7H2,(H,16,17). The van der Waals surface area contributed by atoms with E-state index in [1.807, 2.05) is 0 Å². The zero-order valence-electron chi connectivity index (χ0n) is 9.10. The number of hydrogen-bond donors (Lipinski definition) is 1. The van der Waals surface area contributed by atoms with Crippen molar-refractivity contribution < 1.29 is 9.18 Å². The second kappa shape index (κ2) is 4.94. The molecule has 17 heavy (non-hydrogen) atoms. The molecule has 0 aliphatic heterocycles. The Kier molecular flexibility index (Phi) is 3.73. The fourth-order valence-electron chi connectivity index (χ4n) is 1.88. The summed E-state index contributed by atoms with van der Waals surface area (Å²) in [6.07, 6.45) is 2.93. The first kappa shape index (κ1) is 12.8. The number of halogens is 3. The molecule has 0 aromatic heterocycles. The van der Waals surface area contributed by atoms with Gasteiger partial charge in [-0.1, -0.05) is 27.5 Å². The zero-order valence-corrected chi connectivity index (χ0v) is 11.4. The molecule has 2 nitrogen and oxygen atoms in total. The Labute approximate surface area is 113 Å². The third-order valence-electron chi connectivity index (χ3n) is 3.12. The summed E-state index contributed by atoms with van der Waals surface area (Å²) in [4.78, 5) is 12.0. The van der Waals surface area contributed by atoms with Crippen molar-refractivity contribution in [1.29, 1.82) is 0 Å². The molecule has 1 N–H and O–H groups in total. The molecule has 1 amide bonds. The zero-order chi connectivity index (χ0) is 12.5. The normalized spacial score (nSPS) is 17.4. The van der Waals surface area contributed by atoms with Gasteiger partial charge in [0.15, 0.2) is 0 Å². The van der Waals surface area contributed by atoms with Crippen LogP contribution < -0.4 is 5.32 Å². The number of alkyl halides is 1. The molecule has 1 aliphatic rings. The number of nitrogens with one attached hydrogen (secondary N) is 1. The fourth-order valence-corrected chi connectivity index (χ4v) is 2.75. The van der Waals surface area contributed by atoms with E-state index >= 15 is 0 Å². The summed E-state index contributed by atoms with van der Waals surface area (Å²) in [5, 5.41) is 3.93. The second-order valence-electron chi connectivity index (χ2n) is 4.35. The molecule has 1 aliphatic carbocycles. The van der Waals surface area contributed by atoms with E-state index in [0.717, 1.165) is 19.3 Å². The Morgan fingerprint density at radius 2 is 2.24 bits per heavy atom. The summed E-state index contributed by atoms with van der Waals surface area (Å²) < 4.78 is 13.5. The van der Waals surface area contributed by atoms with Gasteiger partial charge < -0.3 is 5.32 Å². The Balaban J connectivity index is 2.17. The molecule has 0 radical (unpaired) electrons. The molecule has 0 saturated heterocycles. The average molecular weight is 321 g/mol.